The van der Waals surface area contributed by atoms with Gasteiger partial charge in [0, 0.05) is 88.6 Å². The molecule has 0 saturated carbocycles. The number of anilines is 3. The molecule has 53 heavy (non-hydrogen) atoms. The number of hydrogen-bond acceptors (Lipinski definition) is 9. The lowest BCUT2D eigenvalue weighted by atomic mass is 9.90. The molecule has 3 saturated heterocycles. The first-order valence-electron chi connectivity index (χ1n) is 19.0. The fourth-order valence-electron chi connectivity index (χ4n) is 8.46. The number of imidazole rings is 1. The molecule has 12 nitrogen and oxygen atoms in total. The minimum absolute atomic E-state index is 0.172. The molecule has 12 heteroatoms. The first kappa shape index (κ1) is 35.0. The number of piperidine rings is 2. The number of carbonyl (C=O) groups is 2. The molecule has 1 atom stereocenters. The van der Waals surface area contributed by atoms with E-state index in [0.29, 0.717) is 24.7 Å². The van der Waals surface area contributed by atoms with E-state index in [9.17, 15) is 9.59 Å². The van der Waals surface area contributed by atoms with Gasteiger partial charge in [-0.1, -0.05) is 49.7 Å². The predicted octanol–water partition coefficient (Wildman–Crippen LogP) is 5.65. The predicted molar refractivity (Wildman–Crippen MR) is 207 cm³/mol. The number of rotatable bonds is 10. The minimum Gasteiger partial charge on any atom is -0.369 e. The third-order valence-corrected chi connectivity index (χ3v) is 11.1. The fraction of sp³-hybridized carbons (Fsp3) is 0.439. The number of benzene rings is 2. The van der Waals surface area contributed by atoms with E-state index >= 15 is 0 Å². The summed E-state index contributed by atoms with van der Waals surface area (Å²) in [6.45, 7) is 15.2. The molecule has 2 aromatic carbocycles. The molecule has 1 unspecified atom stereocenters. The maximum Gasteiger partial charge on any atom is 0.234 e. The summed E-state index contributed by atoms with van der Waals surface area (Å²) in [7, 11) is 0. The molecule has 0 radical (unpaired) electrons. The summed E-state index contributed by atoms with van der Waals surface area (Å²) in [5.41, 5.74) is 7.39. The van der Waals surface area contributed by atoms with Gasteiger partial charge in [-0.3, -0.25) is 28.9 Å². The molecule has 5 aromatic rings. The number of nitrogens with zero attached hydrogens (tertiary/aromatic N) is 8. The lowest BCUT2D eigenvalue weighted by Gasteiger charge is -2.42. The molecule has 6 heterocycles. The van der Waals surface area contributed by atoms with E-state index < -0.39 is 0 Å². The normalized spacial score (nSPS) is 19.5. The molecule has 276 valence electrons. The summed E-state index contributed by atoms with van der Waals surface area (Å²) in [4.78, 5) is 40.9. The zero-order valence-corrected chi connectivity index (χ0v) is 31.0. The molecular formula is C41H50N10O2. The van der Waals surface area contributed by atoms with Crippen molar-refractivity contribution in [3.8, 4) is 11.3 Å². The molecule has 3 fully saturated rings. The summed E-state index contributed by atoms with van der Waals surface area (Å²) < 4.78 is 4.20. The Morgan fingerprint density at radius 1 is 0.887 bits per heavy atom. The lowest BCUT2D eigenvalue weighted by molar-refractivity contribution is -0.134. The lowest BCUT2D eigenvalue weighted by Crippen LogP contribution is -2.51. The molecule has 0 bridgehead atoms. The molecule has 3 aliphatic heterocycles. The van der Waals surface area contributed by atoms with Gasteiger partial charge in [-0.05, 0) is 55.4 Å². The Morgan fingerprint density at radius 3 is 2.38 bits per heavy atom. The summed E-state index contributed by atoms with van der Waals surface area (Å²) in [5, 5.41) is 10.7. The van der Waals surface area contributed by atoms with E-state index in [1.807, 2.05) is 24.8 Å². The van der Waals surface area contributed by atoms with Gasteiger partial charge >= 0.3 is 0 Å². The van der Waals surface area contributed by atoms with Crippen molar-refractivity contribution in [3.05, 3.63) is 90.6 Å². The van der Waals surface area contributed by atoms with Crippen LogP contribution >= 0.6 is 0 Å². The van der Waals surface area contributed by atoms with Crippen LogP contribution in [0.4, 0.5) is 17.2 Å². The van der Waals surface area contributed by atoms with Crippen LogP contribution in [0.15, 0.2) is 79.5 Å². The molecule has 0 spiro atoms. The molecule has 3 aliphatic rings. The number of hydrogen-bond donors (Lipinski definition) is 2. The van der Waals surface area contributed by atoms with Gasteiger partial charge in [0.1, 0.15) is 0 Å². The SMILES string of the molecule is Cc1cccc(-c2cnc(Nc3cnn(C4CCN(CC(C)(C)CN5CCN(c6ccc(C7CCC(=O)NC7=O)cc6)CC5)CC4)c3)c3nccn23)c1. The number of aryl methyl sites for hydroxylation is 1. The van der Waals surface area contributed by atoms with Crippen molar-refractivity contribution >= 4 is 34.7 Å². The quantitative estimate of drug-likeness (QED) is 0.177. The van der Waals surface area contributed by atoms with Crippen molar-refractivity contribution < 1.29 is 9.59 Å². The smallest absolute Gasteiger partial charge is 0.234 e. The Morgan fingerprint density at radius 2 is 1.64 bits per heavy atom. The number of likely N-dealkylation sites (tertiary alicyclic amines) is 1. The number of carbonyl (C=O) groups excluding carboxylic acids is 2. The average molecular weight is 715 g/mol. The monoisotopic (exact) mass is 714 g/mol. The first-order valence-corrected chi connectivity index (χ1v) is 19.0. The highest BCUT2D eigenvalue weighted by Gasteiger charge is 2.31. The Bertz CT molecular complexity index is 2070. The number of nitrogens with one attached hydrogen (secondary N) is 2. The van der Waals surface area contributed by atoms with E-state index in [4.69, 9.17) is 10.1 Å². The second-order valence-electron chi connectivity index (χ2n) is 15.8. The second kappa shape index (κ2) is 14.7. The van der Waals surface area contributed by atoms with Crippen LogP contribution in [0, 0.1) is 12.3 Å². The fourth-order valence-corrected chi connectivity index (χ4v) is 8.46. The number of fused-ring (bicyclic) bond motifs is 1. The Hall–Kier alpha value is -5.07. The minimum atomic E-state index is -0.237. The number of aromatic nitrogens is 5. The highest BCUT2D eigenvalue weighted by atomic mass is 16.2. The summed E-state index contributed by atoms with van der Waals surface area (Å²) in [6.07, 6.45) is 12.8. The van der Waals surface area contributed by atoms with Crippen molar-refractivity contribution in [3.63, 3.8) is 0 Å². The maximum absolute atomic E-state index is 12.3. The van der Waals surface area contributed by atoms with Crippen LogP contribution < -0.4 is 15.5 Å². The van der Waals surface area contributed by atoms with E-state index in [1.165, 1.54) is 11.3 Å². The van der Waals surface area contributed by atoms with Gasteiger partial charge in [0.15, 0.2) is 11.5 Å². The maximum atomic E-state index is 12.3. The van der Waals surface area contributed by atoms with Gasteiger partial charge < -0.3 is 15.1 Å². The van der Waals surface area contributed by atoms with Gasteiger partial charge in [-0.25, -0.2) is 9.97 Å². The van der Waals surface area contributed by atoms with Gasteiger partial charge in [-0.2, -0.15) is 5.10 Å². The van der Waals surface area contributed by atoms with E-state index in [1.54, 1.807) is 0 Å². The van der Waals surface area contributed by atoms with Crippen LogP contribution in [0.25, 0.3) is 16.9 Å². The van der Waals surface area contributed by atoms with Gasteiger partial charge in [0.2, 0.25) is 11.8 Å². The van der Waals surface area contributed by atoms with Crippen LogP contribution in [-0.4, -0.2) is 98.1 Å². The largest absolute Gasteiger partial charge is 0.369 e. The van der Waals surface area contributed by atoms with Gasteiger partial charge in [0.05, 0.1) is 35.7 Å². The third-order valence-electron chi connectivity index (χ3n) is 11.1. The average Bonchev–Trinajstić information content (AvgIpc) is 3.83. The molecule has 8 rings (SSSR count). The zero-order valence-electron chi connectivity index (χ0n) is 31.0. The zero-order chi connectivity index (χ0) is 36.5. The van der Waals surface area contributed by atoms with Gasteiger partial charge in [0.25, 0.3) is 0 Å². The van der Waals surface area contributed by atoms with Gasteiger partial charge in [-0.15, -0.1) is 0 Å². The molecular weight excluding hydrogens is 665 g/mol. The highest BCUT2D eigenvalue weighted by Crippen LogP contribution is 2.31. The van der Waals surface area contributed by atoms with Crippen molar-refractivity contribution in [1.29, 1.82) is 0 Å². The number of piperazine rings is 1. The first-order chi connectivity index (χ1) is 25.7. The van der Waals surface area contributed by atoms with Crippen LogP contribution in [0.3, 0.4) is 0 Å². The van der Waals surface area contributed by atoms with Crippen molar-refractivity contribution in [1.82, 2.24) is 39.3 Å². The van der Waals surface area contributed by atoms with Crippen molar-refractivity contribution in [2.75, 3.05) is 62.6 Å². The highest BCUT2D eigenvalue weighted by molar-refractivity contribution is 6.01. The Kier molecular flexibility index (Phi) is 9.74. The van der Waals surface area contributed by atoms with Crippen LogP contribution in [0.2, 0.25) is 0 Å². The third kappa shape index (κ3) is 7.84. The van der Waals surface area contributed by atoms with Crippen LogP contribution in [0.1, 0.15) is 62.6 Å². The Labute approximate surface area is 311 Å². The van der Waals surface area contributed by atoms with E-state index in [2.05, 4.69) is 115 Å². The molecule has 2 amide bonds. The number of amides is 2. The summed E-state index contributed by atoms with van der Waals surface area (Å²) >= 11 is 0. The van der Waals surface area contributed by atoms with Crippen molar-refractivity contribution in [2.45, 2.75) is 58.4 Å². The van der Waals surface area contributed by atoms with E-state index in [0.717, 1.165) is 93.4 Å². The standard InChI is InChI=1S/C41H50N10O2/c1-29-5-4-6-31(23-29)36-25-43-38(39-42-15-18-50(36)39)45-32-24-44-51(26-32)34-13-16-47(17-14-34)27-41(2,3)28-48-19-21-49(22-20-48)33-9-7-30(8-10-33)35-11-12-37(52)46-40(35)53/h4-10,15,18,23-26,34-35H,11-14,16-17,19-22,27-28H2,1-3H3,(H,43,45)(H,46,52,53). The van der Waals surface area contributed by atoms with Crippen LogP contribution in [-0.2, 0) is 9.59 Å². The number of imide groups is 1. The van der Waals surface area contributed by atoms with Crippen LogP contribution in [0.5, 0.6) is 0 Å². The summed E-state index contributed by atoms with van der Waals surface area (Å²) in [5.74, 6) is 0.125. The molecule has 3 aromatic heterocycles. The second-order valence-corrected chi connectivity index (χ2v) is 15.8. The summed E-state index contributed by atoms with van der Waals surface area (Å²) in [6, 6.07) is 17.2. The topological polar surface area (TPSA) is 116 Å². The Balaban J connectivity index is 0.798. The van der Waals surface area contributed by atoms with E-state index in [-0.39, 0.29) is 23.1 Å². The molecule has 0 aliphatic carbocycles. The molecule has 2 N–H and O–H groups in total. The van der Waals surface area contributed by atoms with Crippen molar-refractivity contribution in [2.24, 2.45) is 5.41 Å².